The van der Waals surface area contributed by atoms with Gasteiger partial charge in [0.15, 0.2) is 0 Å². The van der Waals surface area contributed by atoms with Crippen molar-refractivity contribution in [3.63, 3.8) is 0 Å². The van der Waals surface area contributed by atoms with Crippen LogP contribution < -0.4 is 5.73 Å². The van der Waals surface area contributed by atoms with E-state index in [1.165, 1.54) is 0 Å². The van der Waals surface area contributed by atoms with Crippen LogP contribution in [0.5, 0.6) is 0 Å². The highest BCUT2D eigenvalue weighted by molar-refractivity contribution is 7.90. The van der Waals surface area contributed by atoms with Gasteiger partial charge in [0, 0.05) is 19.1 Å². The zero-order chi connectivity index (χ0) is 12.6. The molecule has 1 rings (SSSR count). The largest absolute Gasteiger partial charge is 0.511 e. The topological polar surface area (TPSA) is 63.4 Å². The van der Waals surface area contributed by atoms with Gasteiger partial charge in [-0.1, -0.05) is 13.3 Å². The maximum atomic E-state index is 12.3. The maximum absolute atomic E-state index is 12.3. The Labute approximate surface area is 92.6 Å². The molecule has 0 aliphatic carbocycles. The lowest BCUT2D eigenvalue weighted by Crippen LogP contribution is -2.52. The van der Waals surface area contributed by atoms with Crippen LogP contribution in [0.2, 0.25) is 0 Å². The van der Waals surface area contributed by atoms with Gasteiger partial charge in [-0.05, 0) is 12.3 Å². The van der Waals surface area contributed by atoms with Crippen molar-refractivity contribution in [3.05, 3.63) is 0 Å². The molecule has 1 heterocycles. The van der Waals surface area contributed by atoms with Gasteiger partial charge in [-0.25, -0.2) is 8.42 Å². The van der Waals surface area contributed by atoms with Crippen LogP contribution >= 0.6 is 0 Å². The van der Waals surface area contributed by atoms with Crippen LogP contribution in [0.25, 0.3) is 0 Å². The summed E-state index contributed by atoms with van der Waals surface area (Å²) in [5, 5.41) is 0. The highest BCUT2D eigenvalue weighted by Gasteiger charge is 2.51. The first-order valence-corrected chi connectivity index (χ1v) is 6.46. The van der Waals surface area contributed by atoms with E-state index in [0.29, 0.717) is 10.7 Å². The lowest BCUT2D eigenvalue weighted by Gasteiger charge is -2.35. The minimum atomic E-state index is -5.22. The van der Waals surface area contributed by atoms with E-state index in [1.54, 1.807) is 6.92 Å². The first kappa shape index (κ1) is 13.7. The Morgan fingerprint density at radius 1 is 1.44 bits per heavy atom. The Balaban J connectivity index is 2.84. The van der Waals surface area contributed by atoms with E-state index >= 15 is 0 Å². The van der Waals surface area contributed by atoms with E-state index in [4.69, 9.17) is 5.73 Å². The number of alkyl halides is 3. The second kappa shape index (κ2) is 4.50. The summed E-state index contributed by atoms with van der Waals surface area (Å²) in [6.45, 7) is 1.49. The van der Waals surface area contributed by atoms with Crippen LogP contribution in [0.4, 0.5) is 13.2 Å². The molecule has 1 saturated heterocycles. The van der Waals surface area contributed by atoms with Gasteiger partial charge in [0.25, 0.3) is 0 Å². The van der Waals surface area contributed by atoms with Gasteiger partial charge < -0.3 is 5.73 Å². The Kier molecular flexibility index (Phi) is 3.86. The predicted octanol–water partition coefficient (Wildman–Crippen LogP) is 0.895. The monoisotopic (exact) mass is 260 g/mol. The van der Waals surface area contributed by atoms with E-state index in [0.717, 1.165) is 0 Å². The SMILES string of the molecule is CCC1CN(S(=O)(=O)C(F)(F)F)CCC1N. The predicted molar refractivity (Wildman–Crippen MR) is 52.9 cm³/mol. The van der Waals surface area contributed by atoms with Crippen molar-refractivity contribution in [2.24, 2.45) is 11.7 Å². The number of halogens is 3. The van der Waals surface area contributed by atoms with Crippen LogP contribution in [0.3, 0.4) is 0 Å². The summed E-state index contributed by atoms with van der Waals surface area (Å²) >= 11 is 0. The molecule has 0 aromatic heterocycles. The fourth-order valence-corrected chi connectivity index (χ4v) is 2.84. The van der Waals surface area contributed by atoms with Gasteiger partial charge in [-0.3, -0.25) is 0 Å². The average molecular weight is 260 g/mol. The first-order chi connectivity index (χ1) is 7.20. The molecule has 2 unspecified atom stereocenters. The molecule has 1 aliphatic rings. The van der Waals surface area contributed by atoms with Gasteiger partial charge in [0.05, 0.1) is 0 Å². The summed E-state index contributed by atoms with van der Waals surface area (Å²) in [5.41, 5.74) is 0.486. The van der Waals surface area contributed by atoms with Gasteiger partial charge in [-0.2, -0.15) is 17.5 Å². The van der Waals surface area contributed by atoms with Crippen LogP contribution in [0.15, 0.2) is 0 Å². The molecular weight excluding hydrogens is 245 g/mol. The van der Waals surface area contributed by atoms with E-state index < -0.39 is 15.5 Å². The summed E-state index contributed by atoms with van der Waals surface area (Å²) < 4.78 is 59.6. The molecule has 0 aromatic rings. The van der Waals surface area contributed by atoms with E-state index in [1.807, 2.05) is 0 Å². The molecule has 8 heteroatoms. The van der Waals surface area contributed by atoms with Crippen molar-refractivity contribution >= 4 is 10.0 Å². The smallest absolute Gasteiger partial charge is 0.327 e. The first-order valence-electron chi connectivity index (χ1n) is 5.02. The molecule has 4 nitrogen and oxygen atoms in total. The zero-order valence-corrected chi connectivity index (χ0v) is 9.68. The summed E-state index contributed by atoms with van der Waals surface area (Å²) in [5.74, 6) is -0.203. The van der Waals surface area contributed by atoms with Gasteiger partial charge >= 0.3 is 15.5 Å². The van der Waals surface area contributed by atoms with Crippen molar-refractivity contribution < 1.29 is 21.6 Å². The number of hydrogen-bond donors (Lipinski definition) is 1. The van der Waals surface area contributed by atoms with Gasteiger partial charge in [-0.15, -0.1) is 0 Å². The Bertz CT molecular complexity index is 342. The number of piperidine rings is 1. The Hall–Kier alpha value is -0.340. The summed E-state index contributed by atoms with van der Waals surface area (Å²) in [6, 6.07) is -0.218. The molecule has 16 heavy (non-hydrogen) atoms. The summed E-state index contributed by atoms with van der Waals surface area (Å²) in [4.78, 5) is 0. The minimum Gasteiger partial charge on any atom is -0.327 e. The quantitative estimate of drug-likeness (QED) is 0.802. The molecule has 0 saturated carbocycles. The van der Waals surface area contributed by atoms with E-state index in [9.17, 15) is 21.6 Å². The molecule has 1 aliphatic heterocycles. The highest BCUT2D eigenvalue weighted by Crippen LogP contribution is 2.30. The Morgan fingerprint density at radius 3 is 2.44 bits per heavy atom. The number of nitrogens with two attached hydrogens (primary N) is 1. The van der Waals surface area contributed by atoms with Crippen LogP contribution in [0, 0.1) is 5.92 Å². The molecule has 96 valence electrons. The molecule has 2 N–H and O–H groups in total. The number of hydrogen-bond acceptors (Lipinski definition) is 3. The number of rotatable bonds is 2. The maximum Gasteiger partial charge on any atom is 0.511 e. The van der Waals surface area contributed by atoms with Crippen molar-refractivity contribution in [2.75, 3.05) is 13.1 Å². The third-order valence-corrected chi connectivity index (χ3v) is 4.51. The zero-order valence-electron chi connectivity index (χ0n) is 8.87. The highest BCUT2D eigenvalue weighted by atomic mass is 32.2. The lowest BCUT2D eigenvalue weighted by molar-refractivity contribution is -0.0501. The van der Waals surface area contributed by atoms with Gasteiger partial charge in [0.1, 0.15) is 0 Å². The fraction of sp³-hybridized carbons (Fsp3) is 1.00. The average Bonchev–Trinajstić information content (AvgIpc) is 2.16. The summed E-state index contributed by atoms with van der Waals surface area (Å²) in [6.07, 6.45) is 0.846. The molecule has 0 aromatic carbocycles. The third-order valence-electron chi connectivity index (χ3n) is 2.91. The fourth-order valence-electron chi connectivity index (χ4n) is 1.81. The second-order valence-corrected chi connectivity index (χ2v) is 5.86. The van der Waals surface area contributed by atoms with Crippen LogP contribution in [-0.2, 0) is 10.0 Å². The summed E-state index contributed by atoms with van der Waals surface area (Å²) in [7, 11) is -5.19. The number of sulfonamides is 1. The van der Waals surface area contributed by atoms with Gasteiger partial charge in [0.2, 0.25) is 0 Å². The minimum absolute atomic E-state index is 0.139. The van der Waals surface area contributed by atoms with Crippen molar-refractivity contribution in [3.8, 4) is 0 Å². The normalized spacial score (nSPS) is 29.3. The van der Waals surface area contributed by atoms with E-state index in [2.05, 4.69) is 0 Å². The molecule has 0 spiro atoms. The van der Waals surface area contributed by atoms with Crippen molar-refractivity contribution in [2.45, 2.75) is 31.3 Å². The lowest BCUT2D eigenvalue weighted by atomic mass is 9.92. The third kappa shape index (κ3) is 2.49. The van der Waals surface area contributed by atoms with Crippen molar-refractivity contribution in [1.82, 2.24) is 4.31 Å². The number of nitrogens with zero attached hydrogens (tertiary/aromatic N) is 1. The molecule has 0 radical (unpaired) electrons. The van der Waals surface area contributed by atoms with E-state index in [-0.39, 0.29) is 31.5 Å². The van der Waals surface area contributed by atoms with Crippen LogP contribution in [0.1, 0.15) is 19.8 Å². The Morgan fingerprint density at radius 2 is 2.00 bits per heavy atom. The molecule has 0 bridgehead atoms. The standard InChI is InChI=1S/C8H15F3N2O2S/c1-2-6-5-13(4-3-7(6)12)16(14,15)8(9,10)11/h6-7H,2-5,12H2,1H3. The molecule has 1 fully saturated rings. The molecular formula is C8H15F3N2O2S. The van der Waals surface area contributed by atoms with Crippen LogP contribution in [-0.4, -0.2) is 37.4 Å². The van der Waals surface area contributed by atoms with Crippen molar-refractivity contribution in [1.29, 1.82) is 0 Å². The molecule has 2 atom stereocenters. The second-order valence-electron chi connectivity index (χ2n) is 3.93. The molecule has 0 amide bonds.